The largest absolute Gasteiger partial charge is 0.316 e. The summed E-state index contributed by atoms with van der Waals surface area (Å²) >= 11 is 1.77. The predicted molar refractivity (Wildman–Crippen MR) is 75.6 cm³/mol. The summed E-state index contributed by atoms with van der Waals surface area (Å²) in [5.41, 5.74) is 2.52. The van der Waals surface area contributed by atoms with Gasteiger partial charge >= 0.3 is 0 Å². The minimum atomic E-state index is 0.590. The fourth-order valence-corrected chi connectivity index (χ4v) is 2.88. The van der Waals surface area contributed by atoms with E-state index in [-0.39, 0.29) is 0 Å². The van der Waals surface area contributed by atoms with Crippen LogP contribution in [0.4, 0.5) is 0 Å². The number of nitrogens with zero attached hydrogens (tertiary/aromatic N) is 2. The van der Waals surface area contributed by atoms with E-state index < -0.39 is 0 Å². The highest BCUT2D eigenvalue weighted by molar-refractivity contribution is 7.98. The average molecular weight is 259 g/mol. The molecular weight excluding hydrogens is 242 g/mol. The van der Waals surface area contributed by atoms with Gasteiger partial charge in [0, 0.05) is 34.9 Å². The summed E-state index contributed by atoms with van der Waals surface area (Å²) in [5.74, 6) is 0.590. The lowest BCUT2D eigenvalue weighted by atomic mass is 10.1. The second-order valence-electron chi connectivity index (χ2n) is 4.58. The number of benzene rings is 1. The van der Waals surface area contributed by atoms with Gasteiger partial charge in [0.1, 0.15) is 0 Å². The van der Waals surface area contributed by atoms with Crippen LogP contribution in [-0.2, 0) is 0 Å². The first kappa shape index (κ1) is 11.8. The van der Waals surface area contributed by atoms with Crippen molar-refractivity contribution >= 4 is 11.8 Å². The van der Waals surface area contributed by atoms with E-state index in [1.807, 2.05) is 12.5 Å². The Morgan fingerprint density at radius 3 is 2.83 bits per heavy atom. The van der Waals surface area contributed by atoms with Gasteiger partial charge in [-0.05, 0) is 43.5 Å². The maximum atomic E-state index is 4.32. The zero-order valence-electron chi connectivity index (χ0n) is 10.5. The Kier molecular flexibility index (Phi) is 3.39. The van der Waals surface area contributed by atoms with Crippen molar-refractivity contribution in [2.75, 3.05) is 19.3 Å². The van der Waals surface area contributed by atoms with Crippen LogP contribution in [0.15, 0.2) is 41.7 Å². The average Bonchev–Trinajstić information content (AvgIpc) is 3.09. The molecule has 2 heterocycles. The van der Waals surface area contributed by atoms with Gasteiger partial charge in [-0.25, -0.2) is 4.98 Å². The first-order valence-electron chi connectivity index (χ1n) is 6.26. The fraction of sp³-hybridized carbons (Fsp3) is 0.357. The predicted octanol–water partition coefficient (Wildman–Crippen LogP) is 2.67. The first-order valence-corrected chi connectivity index (χ1v) is 7.48. The van der Waals surface area contributed by atoms with E-state index in [4.69, 9.17) is 0 Å². The molecule has 3 nitrogen and oxygen atoms in total. The van der Waals surface area contributed by atoms with Crippen LogP contribution >= 0.6 is 11.8 Å². The molecule has 0 spiro atoms. The van der Waals surface area contributed by atoms with E-state index in [1.165, 1.54) is 22.7 Å². The van der Waals surface area contributed by atoms with Crippen molar-refractivity contribution in [3.8, 4) is 5.69 Å². The highest BCUT2D eigenvalue weighted by Gasteiger charge is 2.20. The summed E-state index contributed by atoms with van der Waals surface area (Å²) in [6, 6.07) is 8.66. The second kappa shape index (κ2) is 5.16. The van der Waals surface area contributed by atoms with Crippen LogP contribution in [0.25, 0.3) is 5.69 Å². The summed E-state index contributed by atoms with van der Waals surface area (Å²) in [4.78, 5) is 5.61. The Bertz CT molecular complexity index is 512. The maximum Gasteiger partial charge on any atom is 0.0994 e. The molecule has 1 aromatic carbocycles. The third-order valence-electron chi connectivity index (χ3n) is 3.50. The molecule has 4 heteroatoms. The lowest BCUT2D eigenvalue weighted by Crippen LogP contribution is -2.10. The molecule has 1 aromatic heterocycles. The highest BCUT2D eigenvalue weighted by atomic mass is 32.2. The minimum absolute atomic E-state index is 0.590. The molecule has 1 saturated heterocycles. The quantitative estimate of drug-likeness (QED) is 0.860. The van der Waals surface area contributed by atoms with Crippen LogP contribution in [-0.4, -0.2) is 28.9 Å². The van der Waals surface area contributed by atoms with E-state index in [9.17, 15) is 0 Å². The maximum absolute atomic E-state index is 4.32. The van der Waals surface area contributed by atoms with Crippen molar-refractivity contribution in [3.05, 3.63) is 42.5 Å². The molecule has 1 unspecified atom stereocenters. The number of nitrogens with one attached hydrogen (secondary N) is 1. The molecular formula is C14H17N3S. The summed E-state index contributed by atoms with van der Waals surface area (Å²) in [7, 11) is 0. The van der Waals surface area contributed by atoms with E-state index in [2.05, 4.69) is 45.4 Å². The molecule has 1 aliphatic rings. The lowest BCUT2D eigenvalue weighted by Gasteiger charge is -2.13. The highest BCUT2D eigenvalue weighted by Crippen LogP contribution is 2.25. The molecule has 0 saturated carbocycles. The van der Waals surface area contributed by atoms with Gasteiger partial charge in [-0.2, -0.15) is 0 Å². The van der Waals surface area contributed by atoms with Crippen LogP contribution in [0.1, 0.15) is 18.0 Å². The molecule has 94 valence electrons. The minimum Gasteiger partial charge on any atom is -0.316 e. The normalized spacial score (nSPS) is 19.3. The van der Waals surface area contributed by atoms with E-state index >= 15 is 0 Å². The second-order valence-corrected chi connectivity index (χ2v) is 5.46. The van der Waals surface area contributed by atoms with Crippen LogP contribution in [0.3, 0.4) is 0 Å². The zero-order chi connectivity index (χ0) is 12.4. The van der Waals surface area contributed by atoms with E-state index in [0.29, 0.717) is 5.92 Å². The van der Waals surface area contributed by atoms with E-state index in [1.54, 1.807) is 11.8 Å². The molecule has 0 amide bonds. The van der Waals surface area contributed by atoms with Crippen molar-refractivity contribution in [1.82, 2.24) is 14.9 Å². The number of aromatic nitrogens is 2. The molecule has 1 aliphatic heterocycles. The van der Waals surface area contributed by atoms with Gasteiger partial charge in [0.2, 0.25) is 0 Å². The summed E-state index contributed by atoms with van der Waals surface area (Å²) in [6.07, 6.45) is 7.22. The Hall–Kier alpha value is -1.26. The smallest absolute Gasteiger partial charge is 0.0994 e. The Morgan fingerprint density at radius 2 is 2.17 bits per heavy atom. The molecule has 18 heavy (non-hydrogen) atoms. The molecule has 3 rings (SSSR count). The SMILES string of the molecule is CSc1ccc(-n2cncc2C2CCNC2)cc1. The Balaban J connectivity index is 1.93. The van der Waals surface area contributed by atoms with Crippen LogP contribution in [0.2, 0.25) is 0 Å². The monoisotopic (exact) mass is 259 g/mol. The summed E-state index contributed by atoms with van der Waals surface area (Å²) < 4.78 is 2.21. The van der Waals surface area contributed by atoms with Gasteiger partial charge in [0.25, 0.3) is 0 Å². The van der Waals surface area contributed by atoms with Gasteiger partial charge in [-0.15, -0.1) is 11.8 Å². The van der Waals surface area contributed by atoms with Gasteiger partial charge in [0.15, 0.2) is 0 Å². The van der Waals surface area contributed by atoms with Crippen LogP contribution < -0.4 is 5.32 Å². The van der Waals surface area contributed by atoms with Gasteiger partial charge in [-0.3, -0.25) is 0 Å². The summed E-state index contributed by atoms with van der Waals surface area (Å²) in [5, 5.41) is 3.41. The Morgan fingerprint density at radius 1 is 1.33 bits per heavy atom. The van der Waals surface area contributed by atoms with Crippen LogP contribution in [0, 0.1) is 0 Å². The molecule has 1 fully saturated rings. The molecule has 0 bridgehead atoms. The van der Waals surface area contributed by atoms with Crippen molar-refractivity contribution in [1.29, 1.82) is 0 Å². The molecule has 2 aromatic rings. The van der Waals surface area contributed by atoms with Crippen molar-refractivity contribution < 1.29 is 0 Å². The number of imidazole rings is 1. The molecule has 1 N–H and O–H groups in total. The molecule has 1 atom stereocenters. The standard InChI is InChI=1S/C14H17N3S/c1-18-13-4-2-12(3-5-13)17-10-16-9-14(17)11-6-7-15-8-11/h2-5,9-11,15H,6-8H2,1H3. The number of hydrogen-bond donors (Lipinski definition) is 1. The van der Waals surface area contributed by atoms with Gasteiger partial charge in [0.05, 0.1) is 6.33 Å². The van der Waals surface area contributed by atoms with E-state index in [0.717, 1.165) is 13.1 Å². The lowest BCUT2D eigenvalue weighted by molar-refractivity contribution is 0.713. The zero-order valence-corrected chi connectivity index (χ0v) is 11.3. The topological polar surface area (TPSA) is 29.9 Å². The fourth-order valence-electron chi connectivity index (χ4n) is 2.47. The van der Waals surface area contributed by atoms with Crippen molar-refractivity contribution in [2.45, 2.75) is 17.2 Å². The third kappa shape index (κ3) is 2.18. The number of rotatable bonds is 3. The first-order chi connectivity index (χ1) is 8.88. The van der Waals surface area contributed by atoms with Gasteiger partial charge in [-0.1, -0.05) is 0 Å². The number of hydrogen-bond acceptors (Lipinski definition) is 3. The Labute approximate surface area is 112 Å². The number of thioether (sulfide) groups is 1. The third-order valence-corrected chi connectivity index (χ3v) is 4.24. The van der Waals surface area contributed by atoms with Crippen molar-refractivity contribution in [2.24, 2.45) is 0 Å². The van der Waals surface area contributed by atoms with Crippen LogP contribution in [0.5, 0.6) is 0 Å². The van der Waals surface area contributed by atoms with Gasteiger partial charge < -0.3 is 9.88 Å². The molecule has 0 radical (unpaired) electrons. The molecule has 0 aliphatic carbocycles. The summed E-state index contributed by atoms with van der Waals surface area (Å²) in [6.45, 7) is 2.18. The van der Waals surface area contributed by atoms with Crippen molar-refractivity contribution in [3.63, 3.8) is 0 Å².